The average molecular weight is 470 g/mol. The van der Waals surface area contributed by atoms with E-state index in [9.17, 15) is 18.8 Å². The van der Waals surface area contributed by atoms with E-state index in [1.54, 1.807) is 43.3 Å². The van der Waals surface area contributed by atoms with Crippen molar-refractivity contribution in [2.45, 2.75) is 27.3 Å². The molecule has 8 heteroatoms. The molecule has 172 valence electrons. The number of carbonyl (C=O) groups is 2. The summed E-state index contributed by atoms with van der Waals surface area (Å²) in [6.45, 7) is 5.71. The van der Waals surface area contributed by atoms with E-state index in [-0.39, 0.29) is 30.3 Å². The summed E-state index contributed by atoms with van der Waals surface area (Å²) in [6.07, 6.45) is 2.91. The number of ether oxygens (including phenoxy) is 2. The number of carbonyl (C=O) groups excluding carboxylic acids is 2. The summed E-state index contributed by atoms with van der Waals surface area (Å²) in [4.78, 5) is 37.3. The van der Waals surface area contributed by atoms with Gasteiger partial charge < -0.3 is 9.47 Å². The van der Waals surface area contributed by atoms with Gasteiger partial charge in [-0.05, 0) is 62.7 Å². The number of hydrogen-bond acceptors (Lipinski definition) is 6. The van der Waals surface area contributed by atoms with Crippen molar-refractivity contribution in [1.29, 1.82) is 0 Å². The molecule has 3 rings (SSSR count). The number of halogens is 1. The summed E-state index contributed by atoms with van der Waals surface area (Å²) >= 11 is 1.13. The SMILES string of the molecule is CCOC(=O)C=c1sc(=Cc2ccc(F)cc2)c(=O)n1Cc1cc(C(C)=O)ccc1OCC. The second kappa shape index (κ2) is 10.9. The molecule has 0 unspecified atom stereocenters. The predicted octanol–water partition coefficient (Wildman–Crippen LogP) is 2.87. The van der Waals surface area contributed by atoms with Crippen molar-refractivity contribution < 1.29 is 23.5 Å². The lowest BCUT2D eigenvalue weighted by Gasteiger charge is -2.12. The maximum atomic E-state index is 13.3. The highest BCUT2D eigenvalue weighted by Crippen LogP contribution is 2.21. The molecule has 0 N–H and O–H groups in total. The fraction of sp³-hybridized carbons (Fsp3) is 0.240. The zero-order valence-corrected chi connectivity index (χ0v) is 19.4. The summed E-state index contributed by atoms with van der Waals surface area (Å²) in [5.41, 5.74) is 1.45. The van der Waals surface area contributed by atoms with Gasteiger partial charge in [-0.15, -0.1) is 11.3 Å². The molecular formula is C25H24FNO5S. The number of esters is 1. The van der Waals surface area contributed by atoms with Gasteiger partial charge in [0.1, 0.15) is 16.2 Å². The van der Waals surface area contributed by atoms with Crippen LogP contribution in [0.1, 0.15) is 42.3 Å². The minimum absolute atomic E-state index is 0.0916. The fourth-order valence-electron chi connectivity index (χ4n) is 3.18. The molecule has 3 aromatic rings. The third-order valence-electron chi connectivity index (χ3n) is 4.73. The van der Waals surface area contributed by atoms with Gasteiger partial charge >= 0.3 is 5.97 Å². The average Bonchev–Trinajstić information content (AvgIpc) is 3.05. The highest BCUT2D eigenvalue weighted by Gasteiger charge is 2.13. The van der Waals surface area contributed by atoms with Gasteiger partial charge in [0, 0.05) is 11.1 Å². The van der Waals surface area contributed by atoms with Crippen LogP contribution in [0.5, 0.6) is 5.75 Å². The molecule has 1 heterocycles. The van der Waals surface area contributed by atoms with Crippen molar-refractivity contribution in [3.05, 3.63) is 84.5 Å². The minimum atomic E-state index is -0.566. The Balaban J connectivity index is 2.18. The fourth-order valence-corrected chi connectivity index (χ4v) is 4.21. The van der Waals surface area contributed by atoms with Crippen molar-refractivity contribution in [2.75, 3.05) is 13.2 Å². The second-order valence-corrected chi connectivity index (χ2v) is 8.16. The number of hydrogen-bond donors (Lipinski definition) is 0. The van der Waals surface area contributed by atoms with Gasteiger partial charge in [0.15, 0.2) is 5.78 Å². The molecule has 0 atom stereocenters. The molecule has 0 aliphatic heterocycles. The summed E-state index contributed by atoms with van der Waals surface area (Å²) in [7, 11) is 0. The topological polar surface area (TPSA) is 74.6 Å². The number of benzene rings is 2. The van der Waals surface area contributed by atoms with Crippen LogP contribution in [0.3, 0.4) is 0 Å². The first-order chi connectivity index (χ1) is 15.8. The van der Waals surface area contributed by atoms with Crippen LogP contribution >= 0.6 is 11.3 Å². The first-order valence-corrected chi connectivity index (χ1v) is 11.3. The molecule has 1 aromatic heterocycles. The molecule has 0 radical (unpaired) electrons. The van der Waals surface area contributed by atoms with E-state index >= 15 is 0 Å². The van der Waals surface area contributed by atoms with Crippen LogP contribution in [-0.4, -0.2) is 29.5 Å². The molecule has 0 fully saturated rings. The number of nitrogens with zero attached hydrogens (tertiary/aromatic N) is 1. The van der Waals surface area contributed by atoms with Crippen LogP contribution in [0.4, 0.5) is 4.39 Å². The van der Waals surface area contributed by atoms with Gasteiger partial charge in [-0.3, -0.25) is 14.2 Å². The van der Waals surface area contributed by atoms with E-state index in [0.717, 1.165) is 11.3 Å². The van der Waals surface area contributed by atoms with E-state index in [1.165, 1.54) is 29.7 Å². The zero-order chi connectivity index (χ0) is 24.0. The van der Waals surface area contributed by atoms with Gasteiger partial charge in [-0.25, -0.2) is 9.18 Å². The van der Waals surface area contributed by atoms with Crippen LogP contribution in [0.15, 0.2) is 47.3 Å². The number of thiazole rings is 1. The van der Waals surface area contributed by atoms with E-state index in [4.69, 9.17) is 9.47 Å². The lowest BCUT2D eigenvalue weighted by Crippen LogP contribution is -2.32. The van der Waals surface area contributed by atoms with Crippen LogP contribution < -0.4 is 19.5 Å². The van der Waals surface area contributed by atoms with Gasteiger partial charge in [0.05, 0.1) is 30.4 Å². The lowest BCUT2D eigenvalue weighted by molar-refractivity contribution is -0.135. The normalized spacial score (nSPS) is 12.1. The molecule has 0 aliphatic rings. The van der Waals surface area contributed by atoms with Crippen LogP contribution in [0.2, 0.25) is 0 Å². The van der Waals surface area contributed by atoms with Gasteiger partial charge in [-0.1, -0.05) is 12.1 Å². The molecule has 0 saturated carbocycles. The largest absolute Gasteiger partial charge is 0.494 e. The van der Waals surface area contributed by atoms with Crippen molar-refractivity contribution >= 4 is 35.2 Å². The summed E-state index contributed by atoms with van der Waals surface area (Å²) in [5.74, 6) is -0.503. The van der Waals surface area contributed by atoms with E-state index < -0.39 is 5.97 Å². The first kappa shape index (κ1) is 24.1. The van der Waals surface area contributed by atoms with Crippen LogP contribution in [-0.2, 0) is 16.1 Å². The zero-order valence-electron chi connectivity index (χ0n) is 18.6. The Morgan fingerprint density at radius 2 is 1.82 bits per heavy atom. The third kappa shape index (κ3) is 6.04. The molecule has 0 saturated heterocycles. The van der Waals surface area contributed by atoms with E-state index in [1.807, 2.05) is 6.92 Å². The molecule has 0 spiro atoms. The van der Waals surface area contributed by atoms with Gasteiger partial charge in [0.25, 0.3) is 5.56 Å². The molecular weight excluding hydrogens is 445 g/mol. The first-order valence-electron chi connectivity index (χ1n) is 10.4. The monoisotopic (exact) mass is 469 g/mol. The Hall–Kier alpha value is -3.52. The summed E-state index contributed by atoms with van der Waals surface area (Å²) in [5, 5.41) is 0. The molecule has 33 heavy (non-hydrogen) atoms. The molecule has 0 amide bonds. The van der Waals surface area contributed by atoms with Crippen molar-refractivity contribution in [3.63, 3.8) is 0 Å². The van der Waals surface area contributed by atoms with Crippen LogP contribution in [0.25, 0.3) is 12.2 Å². The van der Waals surface area contributed by atoms with Gasteiger partial charge in [-0.2, -0.15) is 0 Å². The number of ketones is 1. The number of aromatic nitrogens is 1. The van der Waals surface area contributed by atoms with Crippen molar-refractivity contribution in [1.82, 2.24) is 4.57 Å². The Bertz CT molecular complexity index is 1340. The Labute approximate surface area is 194 Å². The summed E-state index contributed by atoms with van der Waals surface area (Å²) in [6, 6.07) is 10.8. The summed E-state index contributed by atoms with van der Waals surface area (Å²) < 4.78 is 26.2. The van der Waals surface area contributed by atoms with Crippen LogP contribution in [0, 0.1) is 5.82 Å². The maximum Gasteiger partial charge on any atom is 0.333 e. The van der Waals surface area contributed by atoms with Crippen molar-refractivity contribution in [2.24, 2.45) is 0 Å². The highest BCUT2D eigenvalue weighted by atomic mass is 32.1. The molecule has 6 nitrogen and oxygen atoms in total. The Kier molecular flexibility index (Phi) is 7.95. The molecule has 0 bridgehead atoms. The molecule has 0 aliphatic carbocycles. The number of rotatable bonds is 8. The highest BCUT2D eigenvalue weighted by molar-refractivity contribution is 7.07. The number of Topliss-reactive ketones (excluding diaryl/α,β-unsaturated/α-hetero) is 1. The minimum Gasteiger partial charge on any atom is -0.494 e. The van der Waals surface area contributed by atoms with E-state index in [2.05, 4.69) is 0 Å². The van der Waals surface area contributed by atoms with Crippen molar-refractivity contribution in [3.8, 4) is 5.75 Å². The van der Waals surface area contributed by atoms with Gasteiger partial charge in [0.2, 0.25) is 0 Å². The quantitative estimate of drug-likeness (QED) is 0.375. The Morgan fingerprint density at radius 1 is 1.09 bits per heavy atom. The standard InChI is InChI=1S/C25H24FNO5S/c1-4-31-21-11-8-18(16(3)28)13-19(21)15-27-23(14-24(29)32-5-2)33-22(25(27)30)12-17-6-9-20(26)10-7-17/h6-14H,4-5,15H2,1-3H3. The van der Waals surface area contributed by atoms with E-state index in [0.29, 0.717) is 38.2 Å². The third-order valence-corrected chi connectivity index (χ3v) is 5.79. The lowest BCUT2D eigenvalue weighted by atomic mass is 10.1. The maximum absolute atomic E-state index is 13.3. The second-order valence-electron chi connectivity index (χ2n) is 7.10. The Morgan fingerprint density at radius 3 is 2.45 bits per heavy atom. The molecule has 2 aromatic carbocycles. The predicted molar refractivity (Wildman–Crippen MR) is 126 cm³/mol. The smallest absolute Gasteiger partial charge is 0.333 e.